The minimum Gasteiger partial charge on any atom is -0.353 e. The molecule has 5 N–H and O–H groups in total. The van der Waals surface area contributed by atoms with Gasteiger partial charge in [0.2, 0.25) is 0 Å². The van der Waals surface area contributed by atoms with Crippen LogP contribution in [0.3, 0.4) is 0 Å². The molecule has 0 unspecified atom stereocenters. The van der Waals surface area contributed by atoms with Crippen LogP contribution in [0.15, 0.2) is 17.3 Å². The largest absolute Gasteiger partial charge is 0.411 e. The van der Waals surface area contributed by atoms with Crippen LogP contribution in [-0.4, -0.2) is 43.9 Å². The molecule has 0 aromatic carbocycles. The van der Waals surface area contributed by atoms with Crippen molar-refractivity contribution in [3.63, 3.8) is 0 Å². The molecule has 2 aliphatic rings. The Labute approximate surface area is 147 Å². The topological polar surface area (TPSA) is 74.5 Å². The maximum absolute atomic E-state index is 12.1. The number of nitrogens with two attached hydrogens (primary N) is 1. The number of nitrogens with zero attached hydrogens (tertiary/aromatic N) is 1. The molecule has 0 aromatic rings. The molecule has 0 spiro atoms. The van der Waals surface area contributed by atoms with Crippen LogP contribution in [0.4, 0.5) is 13.2 Å². The molecule has 0 aromatic heterocycles. The monoisotopic (exact) mass is 361 g/mol. The van der Waals surface area contributed by atoms with Gasteiger partial charge in [-0.2, -0.15) is 13.2 Å². The fraction of sp³-hybridized carbons (Fsp3) is 0.824. The molecule has 5 nitrogen and oxygen atoms in total. The third-order valence-corrected chi connectivity index (χ3v) is 5.14. The molecule has 2 rings (SSSR count). The Bertz CT molecular complexity index is 456. The average Bonchev–Trinajstić information content (AvgIpc) is 3.00. The summed E-state index contributed by atoms with van der Waals surface area (Å²) in [4.78, 5) is 3.97. The number of nitrogens with one attached hydrogen (secondary N) is 3. The van der Waals surface area contributed by atoms with Gasteiger partial charge in [-0.15, -0.1) is 0 Å². The number of aliphatic imine (C=N–C) groups is 1. The Morgan fingerprint density at radius 1 is 1.08 bits per heavy atom. The molecule has 2 fully saturated rings. The lowest BCUT2D eigenvalue weighted by Gasteiger charge is -2.30. The quantitative estimate of drug-likeness (QED) is 0.448. The van der Waals surface area contributed by atoms with Crippen molar-refractivity contribution in [1.29, 1.82) is 0 Å². The normalized spacial score (nSPS) is 31.5. The Kier molecular flexibility index (Phi) is 7.56. The first kappa shape index (κ1) is 20.0. The number of halogens is 3. The van der Waals surface area contributed by atoms with Crippen LogP contribution in [-0.2, 0) is 0 Å². The fourth-order valence-corrected chi connectivity index (χ4v) is 3.74. The highest BCUT2D eigenvalue weighted by atomic mass is 19.4. The van der Waals surface area contributed by atoms with Crippen molar-refractivity contribution in [2.45, 2.75) is 69.2 Å². The maximum Gasteiger partial charge on any atom is 0.411 e. The predicted octanol–water partition coefficient (Wildman–Crippen LogP) is 2.26. The molecule has 0 bridgehead atoms. The maximum atomic E-state index is 12.1. The molecule has 144 valence electrons. The number of alkyl halides is 3. The van der Waals surface area contributed by atoms with Crippen molar-refractivity contribution in [3.05, 3.63) is 12.3 Å². The molecule has 8 heteroatoms. The van der Waals surface area contributed by atoms with E-state index in [0.29, 0.717) is 24.0 Å². The van der Waals surface area contributed by atoms with Crippen molar-refractivity contribution in [2.24, 2.45) is 16.6 Å². The molecule has 25 heavy (non-hydrogen) atoms. The zero-order chi connectivity index (χ0) is 18.3. The first-order valence-corrected chi connectivity index (χ1v) is 9.10. The second-order valence-electron chi connectivity index (χ2n) is 7.06. The van der Waals surface area contributed by atoms with Crippen molar-refractivity contribution >= 4 is 5.96 Å². The zero-order valence-corrected chi connectivity index (χ0v) is 14.8. The summed E-state index contributed by atoms with van der Waals surface area (Å²) < 4.78 is 36.4. The number of rotatable bonds is 5. The van der Waals surface area contributed by atoms with E-state index in [2.05, 4.69) is 20.9 Å². The van der Waals surface area contributed by atoms with E-state index in [-0.39, 0.29) is 12.1 Å². The van der Waals surface area contributed by atoms with Gasteiger partial charge >= 0.3 is 6.18 Å². The summed E-state index contributed by atoms with van der Waals surface area (Å²) in [6.45, 7) is 0.789. The highest BCUT2D eigenvalue weighted by Gasteiger charge is 2.29. The van der Waals surface area contributed by atoms with E-state index in [4.69, 9.17) is 5.73 Å². The summed E-state index contributed by atoms with van der Waals surface area (Å²) in [6, 6.07) is 1.25. The molecule has 0 radical (unpaired) electrons. The first-order chi connectivity index (χ1) is 11.9. The molecule has 0 saturated heterocycles. The van der Waals surface area contributed by atoms with Crippen molar-refractivity contribution in [3.8, 4) is 0 Å². The lowest BCUT2D eigenvalue weighted by atomic mass is 9.86. The number of guanidine groups is 1. The van der Waals surface area contributed by atoms with Gasteiger partial charge in [-0.25, -0.2) is 0 Å². The highest BCUT2D eigenvalue weighted by Crippen LogP contribution is 2.26. The van der Waals surface area contributed by atoms with Gasteiger partial charge in [0.1, 0.15) is 0 Å². The lowest BCUT2D eigenvalue weighted by molar-refractivity contribution is -0.0800. The highest BCUT2D eigenvalue weighted by molar-refractivity contribution is 5.80. The molecular formula is C17H30F3N5. The van der Waals surface area contributed by atoms with Gasteiger partial charge in [-0.3, -0.25) is 4.99 Å². The van der Waals surface area contributed by atoms with E-state index in [9.17, 15) is 13.2 Å². The number of allylic oxidation sites excluding steroid dienone is 1. The van der Waals surface area contributed by atoms with Crippen LogP contribution in [0.25, 0.3) is 0 Å². The smallest absolute Gasteiger partial charge is 0.353 e. The van der Waals surface area contributed by atoms with Crippen LogP contribution in [0.5, 0.6) is 0 Å². The summed E-state index contributed by atoms with van der Waals surface area (Å²) in [6.07, 6.45) is 4.49. The summed E-state index contributed by atoms with van der Waals surface area (Å²) in [5, 5.41) is 9.51. The standard InChI is InChI=1S/C17H30F3N5/c1-22-16(23-9-8-17(18,19)20)25-15-7-6-14(10-15)24-13-4-2-12(11-21)3-5-13/h8-9,12-15,24H,2-7,10-11,21H2,1H3,(H2,22,23,25)/b9-8+/t12?,13?,14-,15-/m0/s1. The van der Waals surface area contributed by atoms with E-state index >= 15 is 0 Å². The molecular weight excluding hydrogens is 331 g/mol. The Balaban J connectivity index is 1.70. The van der Waals surface area contributed by atoms with Crippen molar-refractivity contribution in [1.82, 2.24) is 16.0 Å². The van der Waals surface area contributed by atoms with E-state index in [1.54, 1.807) is 7.05 Å². The van der Waals surface area contributed by atoms with E-state index in [1.165, 1.54) is 25.7 Å². The van der Waals surface area contributed by atoms with Gasteiger partial charge in [0.05, 0.1) is 0 Å². The van der Waals surface area contributed by atoms with Crippen LogP contribution >= 0.6 is 0 Å². The Morgan fingerprint density at radius 3 is 2.32 bits per heavy atom. The second-order valence-corrected chi connectivity index (χ2v) is 7.06. The van der Waals surface area contributed by atoms with Crippen LogP contribution in [0.1, 0.15) is 44.9 Å². The third kappa shape index (κ3) is 7.23. The third-order valence-electron chi connectivity index (χ3n) is 5.14. The Morgan fingerprint density at radius 2 is 1.72 bits per heavy atom. The molecule has 2 aliphatic carbocycles. The lowest BCUT2D eigenvalue weighted by Crippen LogP contribution is -2.43. The van der Waals surface area contributed by atoms with E-state index in [0.717, 1.165) is 32.0 Å². The molecule has 0 aliphatic heterocycles. The Hall–Kier alpha value is -1.28. The predicted molar refractivity (Wildman–Crippen MR) is 94.2 cm³/mol. The molecule has 2 atom stereocenters. The number of hydrogen-bond donors (Lipinski definition) is 4. The van der Waals surface area contributed by atoms with Gasteiger partial charge in [0, 0.05) is 37.4 Å². The van der Waals surface area contributed by atoms with Crippen LogP contribution in [0.2, 0.25) is 0 Å². The van der Waals surface area contributed by atoms with Crippen molar-refractivity contribution in [2.75, 3.05) is 13.6 Å². The fourth-order valence-electron chi connectivity index (χ4n) is 3.74. The minimum atomic E-state index is -4.32. The van der Waals surface area contributed by atoms with E-state index < -0.39 is 6.18 Å². The van der Waals surface area contributed by atoms with E-state index in [1.807, 2.05) is 0 Å². The van der Waals surface area contributed by atoms with Gasteiger partial charge in [-0.1, -0.05) is 0 Å². The number of hydrogen-bond acceptors (Lipinski definition) is 3. The first-order valence-electron chi connectivity index (χ1n) is 9.10. The molecule has 0 heterocycles. The van der Waals surface area contributed by atoms with Gasteiger partial charge in [0.15, 0.2) is 5.96 Å². The minimum absolute atomic E-state index is 0.163. The summed E-state index contributed by atoms with van der Waals surface area (Å²) in [7, 11) is 1.55. The van der Waals surface area contributed by atoms with Crippen LogP contribution < -0.4 is 21.7 Å². The average molecular weight is 361 g/mol. The van der Waals surface area contributed by atoms with Crippen molar-refractivity contribution < 1.29 is 13.2 Å². The summed E-state index contributed by atoms with van der Waals surface area (Å²) in [5.74, 6) is 1.05. The van der Waals surface area contributed by atoms with Gasteiger partial charge in [-0.05, 0) is 57.4 Å². The zero-order valence-electron chi connectivity index (χ0n) is 14.8. The summed E-state index contributed by atoms with van der Waals surface area (Å²) in [5.41, 5.74) is 5.74. The molecule has 0 amide bonds. The summed E-state index contributed by atoms with van der Waals surface area (Å²) >= 11 is 0. The SMILES string of the molecule is CN=C(N/C=C/C(F)(F)F)N[C@H]1CC[C@H](NC2CCC(CN)CC2)C1. The molecule has 2 saturated carbocycles. The van der Waals surface area contributed by atoms with Crippen LogP contribution in [0, 0.1) is 5.92 Å². The van der Waals surface area contributed by atoms with Gasteiger partial charge < -0.3 is 21.7 Å². The van der Waals surface area contributed by atoms with Gasteiger partial charge in [0.25, 0.3) is 0 Å². The second kappa shape index (κ2) is 9.43.